The molecule has 0 aliphatic carbocycles. The largest absolute Gasteiger partial charge is 0.373 e. The van der Waals surface area contributed by atoms with Crippen molar-refractivity contribution in [2.24, 2.45) is 0 Å². The Morgan fingerprint density at radius 2 is 2.67 bits per heavy atom. The second kappa shape index (κ2) is 2.17. The summed E-state index contributed by atoms with van der Waals surface area (Å²) in [7, 11) is 0.933. The normalized spacial score (nSPS) is 25.1. The first-order valence-corrected chi connectivity index (χ1v) is 4.27. The van der Waals surface area contributed by atoms with E-state index in [-0.39, 0.29) is 0 Å². The Bertz CT molecular complexity index is 177. The van der Waals surface area contributed by atoms with Crippen molar-refractivity contribution in [3.05, 3.63) is 23.2 Å². The van der Waals surface area contributed by atoms with Crippen molar-refractivity contribution < 1.29 is 4.74 Å². The van der Waals surface area contributed by atoms with Gasteiger partial charge in [0, 0.05) is 6.42 Å². The lowest BCUT2D eigenvalue weighted by Crippen LogP contribution is -1.87. The second-order valence-corrected chi connectivity index (χ2v) is 3.62. The average molecular weight is 140 g/mol. The first-order chi connectivity index (χ1) is 4.45. The molecular weight excluding hydrogens is 131 g/mol. The van der Waals surface area contributed by atoms with Crippen molar-refractivity contribution in [2.75, 3.05) is 6.61 Å². The molecule has 0 aromatic carbocycles. The van der Waals surface area contributed by atoms with Gasteiger partial charge in [-0.15, -0.1) is 8.19 Å². The smallest absolute Gasteiger partial charge is 0.0853 e. The van der Waals surface area contributed by atoms with E-state index in [0.29, 0.717) is 6.10 Å². The summed E-state index contributed by atoms with van der Waals surface area (Å²) in [4.78, 5) is 0. The Hall–Kier alpha value is -0.260. The zero-order valence-electron chi connectivity index (χ0n) is 5.13. The Kier molecular flexibility index (Phi) is 1.33. The van der Waals surface area contributed by atoms with Gasteiger partial charge >= 0.3 is 0 Å². The van der Waals surface area contributed by atoms with Crippen molar-refractivity contribution in [1.82, 2.24) is 0 Å². The van der Waals surface area contributed by atoms with Gasteiger partial charge in [-0.25, -0.2) is 0 Å². The van der Waals surface area contributed by atoms with Crippen LogP contribution in [0.3, 0.4) is 0 Å². The van der Waals surface area contributed by atoms with E-state index in [1.807, 2.05) is 0 Å². The highest BCUT2D eigenvalue weighted by Gasteiger charge is 2.22. The van der Waals surface area contributed by atoms with Crippen molar-refractivity contribution in [1.29, 1.82) is 0 Å². The highest BCUT2D eigenvalue weighted by Crippen LogP contribution is 2.22. The van der Waals surface area contributed by atoms with Crippen LogP contribution in [0.15, 0.2) is 17.9 Å². The predicted molar refractivity (Wildman–Crippen MR) is 39.4 cm³/mol. The fraction of sp³-hybridized carbons (Fsp3) is 0.429. The maximum absolute atomic E-state index is 5.11. The third kappa shape index (κ3) is 1.35. The Labute approximate surface area is 56.1 Å². The zero-order chi connectivity index (χ0) is 6.10. The highest BCUT2D eigenvalue weighted by atomic mass is 31.0. The van der Waals surface area contributed by atoms with Crippen LogP contribution >= 0.6 is 8.19 Å². The van der Waals surface area contributed by atoms with Crippen LogP contribution in [0.2, 0.25) is 0 Å². The molecule has 2 unspecified atom stereocenters. The van der Waals surface area contributed by atoms with E-state index in [1.165, 1.54) is 6.42 Å². The molecule has 0 amide bonds. The van der Waals surface area contributed by atoms with Crippen LogP contribution in [0.1, 0.15) is 5.30 Å². The quantitative estimate of drug-likeness (QED) is 0.569. The first kappa shape index (κ1) is 5.52. The van der Waals surface area contributed by atoms with Gasteiger partial charge in [0.1, 0.15) is 0 Å². The van der Waals surface area contributed by atoms with E-state index in [1.54, 1.807) is 5.30 Å². The molecular formula is C7H9OP. The van der Waals surface area contributed by atoms with E-state index >= 15 is 0 Å². The summed E-state index contributed by atoms with van der Waals surface area (Å²) in [5.41, 5.74) is 0. The van der Waals surface area contributed by atoms with E-state index in [2.05, 4.69) is 17.9 Å². The minimum Gasteiger partial charge on any atom is -0.373 e. The number of hydrogen-bond donors (Lipinski definition) is 0. The third-order valence-corrected chi connectivity index (χ3v) is 2.61. The molecule has 2 atom stereocenters. The van der Waals surface area contributed by atoms with Gasteiger partial charge in [-0.05, 0) is 11.1 Å². The first-order valence-electron chi connectivity index (χ1n) is 3.19. The molecule has 48 valence electrons. The van der Waals surface area contributed by atoms with Gasteiger partial charge in [0.05, 0.1) is 12.7 Å². The molecule has 0 radical (unpaired) electrons. The van der Waals surface area contributed by atoms with Crippen molar-refractivity contribution in [3.8, 4) is 0 Å². The molecule has 1 aromatic heterocycles. The van der Waals surface area contributed by atoms with E-state index in [0.717, 1.165) is 14.8 Å². The molecule has 2 heterocycles. The lowest BCUT2D eigenvalue weighted by atomic mass is 10.3. The van der Waals surface area contributed by atoms with Gasteiger partial charge in [0.25, 0.3) is 0 Å². The monoisotopic (exact) mass is 140 g/mol. The van der Waals surface area contributed by atoms with Crippen LogP contribution in [0.5, 0.6) is 0 Å². The van der Waals surface area contributed by atoms with Crippen LogP contribution in [0, 0.1) is 0 Å². The molecule has 0 bridgehead atoms. The van der Waals surface area contributed by atoms with Crippen molar-refractivity contribution >= 4 is 8.19 Å². The van der Waals surface area contributed by atoms with Gasteiger partial charge in [-0.2, -0.15) is 0 Å². The molecule has 1 aliphatic heterocycles. The minimum absolute atomic E-state index is 0.573. The lowest BCUT2D eigenvalue weighted by molar-refractivity contribution is 0.408. The van der Waals surface area contributed by atoms with Gasteiger partial charge in [0.2, 0.25) is 0 Å². The molecule has 0 N–H and O–H groups in total. The SMILES string of the molecule is c1c[pH]c(CC2CO2)c1. The summed E-state index contributed by atoms with van der Waals surface area (Å²) in [6.07, 6.45) is 1.74. The van der Waals surface area contributed by atoms with Crippen LogP contribution in [-0.4, -0.2) is 12.7 Å². The molecule has 9 heavy (non-hydrogen) atoms. The predicted octanol–water partition coefficient (Wildman–Crippen LogP) is 1.66. The van der Waals surface area contributed by atoms with E-state index in [4.69, 9.17) is 4.74 Å². The summed E-state index contributed by atoms with van der Waals surface area (Å²) in [6.45, 7) is 0.988. The van der Waals surface area contributed by atoms with E-state index < -0.39 is 0 Å². The third-order valence-electron chi connectivity index (χ3n) is 1.51. The lowest BCUT2D eigenvalue weighted by Gasteiger charge is -1.87. The van der Waals surface area contributed by atoms with Gasteiger partial charge in [0.15, 0.2) is 0 Å². The molecule has 0 saturated carbocycles. The summed E-state index contributed by atoms with van der Waals surface area (Å²) < 4.78 is 5.11. The van der Waals surface area contributed by atoms with Crippen LogP contribution < -0.4 is 0 Å². The van der Waals surface area contributed by atoms with Gasteiger partial charge in [-0.3, -0.25) is 0 Å². The maximum atomic E-state index is 5.11. The van der Waals surface area contributed by atoms with Crippen LogP contribution in [0.25, 0.3) is 0 Å². The van der Waals surface area contributed by atoms with Crippen molar-refractivity contribution in [2.45, 2.75) is 12.5 Å². The van der Waals surface area contributed by atoms with Gasteiger partial charge in [-0.1, -0.05) is 12.1 Å². The molecule has 1 aliphatic rings. The molecule has 1 aromatic rings. The summed E-state index contributed by atoms with van der Waals surface area (Å²) in [6, 6.07) is 4.34. The number of rotatable bonds is 2. The van der Waals surface area contributed by atoms with Crippen LogP contribution in [0.4, 0.5) is 0 Å². The molecule has 1 nitrogen and oxygen atoms in total. The number of ether oxygens (including phenoxy) is 1. The average Bonchev–Trinajstić information content (AvgIpc) is 2.46. The molecule has 1 saturated heterocycles. The Balaban J connectivity index is 1.99. The fourth-order valence-corrected chi connectivity index (χ4v) is 1.87. The summed E-state index contributed by atoms with van der Waals surface area (Å²) in [5, 5.41) is 1.55. The molecule has 2 heteroatoms. The topological polar surface area (TPSA) is 12.5 Å². The molecule has 2 rings (SSSR count). The van der Waals surface area contributed by atoms with Crippen molar-refractivity contribution in [3.63, 3.8) is 0 Å². The fourth-order valence-electron chi connectivity index (χ4n) is 0.926. The Morgan fingerprint density at radius 3 is 3.22 bits per heavy atom. The Morgan fingerprint density at radius 1 is 1.78 bits per heavy atom. The van der Waals surface area contributed by atoms with Crippen LogP contribution in [-0.2, 0) is 11.2 Å². The summed E-state index contributed by atoms with van der Waals surface area (Å²) >= 11 is 0. The second-order valence-electron chi connectivity index (χ2n) is 2.35. The molecule has 0 spiro atoms. The van der Waals surface area contributed by atoms with E-state index in [9.17, 15) is 0 Å². The highest BCUT2D eigenvalue weighted by molar-refractivity contribution is 7.30. The number of hydrogen-bond acceptors (Lipinski definition) is 1. The maximum Gasteiger partial charge on any atom is 0.0853 e. The number of epoxide rings is 1. The standard InChI is InChI=1S/C7H9OP/c1-2-7(9-3-1)4-6-5-8-6/h1-3,6,9H,4-5H2. The zero-order valence-corrected chi connectivity index (χ0v) is 6.13. The molecule has 1 fully saturated rings. The summed E-state index contributed by atoms with van der Waals surface area (Å²) in [5.74, 6) is 2.22. The van der Waals surface area contributed by atoms with Gasteiger partial charge < -0.3 is 4.74 Å². The minimum atomic E-state index is 0.573.